The molecular weight excluding hydrogens is 372 g/mol. The van der Waals surface area contributed by atoms with Crippen molar-refractivity contribution in [1.29, 1.82) is 0 Å². The number of carbonyl (C=O) groups excluding carboxylic acids is 4. The summed E-state index contributed by atoms with van der Waals surface area (Å²) in [5.74, 6) is -2.17. The minimum atomic E-state index is -1.05. The summed E-state index contributed by atoms with van der Waals surface area (Å²) in [6.07, 6.45) is 0.400. The number of fused-ring (bicyclic) bond motifs is 1. The van der Waals surface area contributed by atoms with Crippen LogP contribution >= 0.6 is 0 Å². The molecule has 1 atom stereocenters. The van der Waals surface area contributed by atoms with Gasteiger partial charge in [-0.2, -0.15) is 0 Å². The SMILES string of the molecule is C=CCN1C(=O)c2ccc(C(=O)O[C@@H](C)C(=O)Nc3ccc(C)cc3)cc2C1=O. The number of nitrogens with one attached hydrogen (secondary N) is 1. The minimum absolute atomic E-state index is 0.0836. The van der Waals surface area contributed by atoms with E-state index in [2.05, 4.69) is 11.9 Å². The summed E-state index contributed by atoms with van der Waals surface area (Å²) in [6, 6.07) is 11.3. The predicted molar refractivity (Wildman–Crippen MR) is 107 cm³/mol. The number of rotatable bonds is 6. The molecule has 3 rings (SSSR count). The zero-order valence-corrected chi connectivity index (χ0v) is 16.1. The lowest BCUT2D eigenvalue weighted by Gasteiger charge is -2.14. The Labute approximate surface area is 168 Å². The van der Waals surface area contributed by atoms with E-state index in [1.165, 1.54) is 31.2 Å². The molecule has 0 saturated heterocycles. The average molecular weight is 392 g/mol. The molecule has 0 bridgehead atoms. The van der Waals surface area contributed by atoms with Crippen LogP contribution in [0.1, 0.15) is 43.6 Å². The molecule has 148 valence electrons. The lowest BCUT2D eigenvalue weighted by Crippen LogP contribution is -2.30. The Morgan fingerprint density at radius 3 is 2.41 bits per heavy atom. The van der Waals surface area contributed by atoms with E-state index in [1.807, 2.05) is 19.1 Å². The fourth-order valence-electron chi connectivity index (χ4n) is 2.88. The molecule has 29 heavy (non-hydrogen) atoms. The highest BCUT2D eigenvalue weighted by atomic mass is 16.5. The van der Waals surface area contributed by atoms with E-state index < -0.39 is 29.8 Å². The molecule has 2 aromatic carbocycles. The molecule has 1 aliphatic rings. The first kappa shape index (κ1) is 20.0. The molecule has 0 saturated carbocycles. The Morgan fingerprint density at radius 1 is 1.10 bits per heavy atom. The molecule has 0 fully saturated rings. The highest BCUT2D eigenvalue weighted by Gasteiger charge is 2.35. The van der Waals surface area contributed by atoms with Crippen LogP contribution in [0.2, 0.25) is 0 Å². The van der Waals surface area contributed by atoms with Crippen molar-refractivity contribution < 1.29 is 23.9 Å². The number of amides is 3. The van der Waals surface area contributed by atoms with Gasteiger partial charge in [-0.15, -0.1) is 6.58 Å². The number of nitrogens with zero attached hydrogens (tertiary/aromatic N) is 1. The van der Waals surface area contributed by atoms with Crippen LogP contribution < -0.4 is 5.32 Å². The largest absolute Gasteiger partial charge is 0.449 e. The Hall–Kier alpha value is -3.74. The number of carbonyl (C=O) groups is 4. The molecule has 7 nitrogen and oxygen atoms in total. The smallest absolute Gasteiger partial charge is 0.338 e. The summed E-state index contributed by atoms with van der Waals surface area (Å²) >= 11 is 0. The predicted octanol–water partition coefficient (Wildman–Crippen LogP) is 2.96. The molecule has 0 aliphatic carbocycles. The average Bonchev–Trinajstić information content (AvgIpc) is 2.94. The summed E-state index contributed by atoms with van der Waals surface area (Å²) in [5, 5.41) is 2.67. The Kier molecular flexibility index (Phi) is 5.59. The van der Waals surface area contributed by atoms with Gasteiger partial charge in [0.25, 0.3) is 17.7 Å². The van der Waals surface area contributed by atoms with Gasteiger partial charge in [-0.25, -0.2) is 4.79 Å². The van der Waals surface area contributed by atoms with Crippen molar-refractivity contribution in [3.8, 4) is 0 Å². The van der Waals surface area contributed by atoms with E-state index in [-0.39, 0.29) is 23.2 Å². The number of imide groups is 1. The number of benzene rings is 2. The van der Waals surface area contributed by atoms with Gasteiger partial charge >= 0.3 is 5.97 Å². The normalized spacial score (nSPS) is 13.7. The van der Waals surface area contributed by atoms with Crippen molar-refractivity contribution in [3.05, 3.63) is 77.4 Å². The van der Waals surface area contributed by atoms with E-state index in [9.17, 15) is 19.2 Å². The molecule has 0 spiro atoms. The maximum Gasteiger partial charge on any atom is 0.338 e. The Balaban J connectivity index is 1.69. The van der Waals surface area contributed by atoms with E-state index in [1.54, 1.807) is 12.1 Å². The van der Waals surface area contributed by atoms with Gasteiger partial charge < -0.3 is 10.1 Å². The third-order valence-electron chi connectivity index (χ3n) is 4.49. The van der Waals surface area contributed by atoms with Crippen molar-refractivity contribution in [2.75, 3.05) is 11.9 Å². The highest BCUT2D eigenvalue weighted by molar-refractivity contribution is 6.22. The zero-order valence-electron chi connectivity index (χ0n) is 16.1. The topological polar surface area (TPSA) is 92.8 Å². The van der Waals surface area contributed by atoms with Crippen molar-refractivity contribution in [3.63, 3.8) is 0 Å². The molecule has 3 amide bonds. The van der Waals surface area contributed by atoms with E-state index in [0.29, 0.717) is 5.69 Å². The van der Waals surface area contributed by atoms with Crippen LogP contribution in [0, 0.1) is 6.92 Å². The van der Waals surface area contributed by atoms with Crippen LogP contribution in [0.3, 0.4) is 0 Å². The Bertz CT molecular complexity index is 1010. The second-order valence-corrected chi connectivity index (χ2v) is 6.67. The number of esters is 1. The second-order valence-electron chi connectivity index (χ2n) is 6.67. The minimum Gasteiger partial charge on any atom is -0.449 e. The monoisotopic (exact) mass is 392 g/mol. The van der Waals surface area contributed by atoms with Crippen LogP contribution in [0.25, 0.3) is 0 Å². The van der Waals surface area contributed by atoms with Gasteiger partial charge in [0.15, 0.2) is 6.10 Å². The fourth-order valence-corrected chi connectivity index (χ4v) is 2.88. The number of hydrogen-bond donors (Lipinski definition) is 1. The first-order valence-electron chi connectivity index (χ1n) is 9.01. The van der Waals surface area contributed by atoms with Crippen LogP contribution in [0.15, 0.2) is 55.1 Å². The lowest BCUT2D eigenvalue weighted by molar-refractivity contribution is -0.123. The van der Waals surface area contributed by atoms with Gasteiger partial charge in [0.2, 0.25) is 0 Å². The molecule has 7 heteroatoms. The molecule has 0 unspecified atom stereocenters. The molecule has 2 aromatic rings. The summed E-state index contributed by atoms with van der Waals surface area (Å²) in [4.78, 5) is 50.3. The van der Waals surface area contributed by atoms with Crippen molar-refractivity contribution in [1.82, 2.24) is 4.90 Å². The Morgan fingerprint density at radius 2 is 1.76 bits per heavy atom. The number of ether oxygens (including phenoxy) is 1. The quantitative estimate of drug-likeness (QED) is 0.463. The number of hydrogen-bond acceptors (Lipinski definition) is 5. The van der Waals surface area contributed by atoms with Crippen molar-refractivity contribution in [2.45, 2.75) is 20.0 Å². The lowest BCUT2D eigenvalue weighted by atomic mass is 10.1. The van der Waals surface area contributed by atoms with E-state index >= 15 is 0 Å². The van der Waals surface area contributed by atoms with E-state index in [0.717, 1.165) is 10.5 Å². The highest BCUT2D eigenvalue weighted by Crippen LogP contribution is 2.24. The summed E-state index contributed by atoms with van der Waals surface area (Å²) in [6.45, 7) is 7.00. The summed E-state index contributed by atoms with van der Waals surface area (Å²) in [5.41, 5.74) is 2.08. The second kappa shape index (κ2) is 8.10. The molecule has 0 aromatic heterocycles. The zero-order chi connectivity index (χ0) is 21.1. The molecular formula is C22H20N2O5. The maximum absolute atomic E-state index is 12.4. The molecule has 1 aliphatic heterocycles. The third kappa shape index (κ3) is 4.08. The van der Waals surface area contributed by atoms with Gasteiger partial charge in [-0.3, -0.25) is 19.3 Å². The van der Waals surface area contributed by atoms with E-state index in [4.69, 9.17) is 4.74 Å². The standard InChI is InChI=1S/C22H20N2O5/c1-4-11-24-20(26)17-10-7-15(12-18(17)21(24)27)22(28)29-14(3)19(25)23-16-8-5-13(2)6-9-16/h4-10,12,14H,1,11H2,2-3H3,(H,23,25)/t14-/m0/s1. The van der Waals surface area contributed by atoms with Crippen LogP contribution in [0.4, 0.5) is 5.69 Å². The van der Waals surface area contributed by atoms with Gasteiger partial charge in [0.05, 0.1) is 16.7 Å². The number of aryl methyl sites for hydroxylation is 1. The van der Waals surface area contributed by atoms with Gasteiger partial charge in [-0.05, 0) is 44.2 Å². The van der Waals surface area contributed by atoms with Crippen LogP contribution in [0.5, 0.6) is 0 Å². The third-order valence-corrected chi connectivity index (χ3v) is 4.49. The van der Waals surface area contributed by atoms with Crippen molar-refractivity contribution in [2.24, 2.45) is 0 Å². The maximum atomic E-state index is 12.4. The van der Waals surface area contributed by atoms with Gasteiger partial charge in [0, 0.05) is 12.2 Å². The summed E-state index contributed by atoms with van der Waals surface area (Å²) < 4.78 is 5.21. The fraction of sp³-hybridized carbons (Fsp3) is 0.182. The van der Waals surface area contributed by atoms with Crippen molar-refractivity contribution >= 4 is 29.4 Å². The molecule has 1 N–H and O–H groups in total. The first-order chi connectivity index (χ1) is 13.8. The number of anilines is 1. The van der Waals surface area contributed by atoms with Gasteiger partial charge in [-0.1, -0.05) is 23.8 Å². The first-order valence-corrected chi connectivity index (χ1v) is 9.01. The van der Waals surface area contributed by atoms with Crippen LogP contribution in [-0.4, -0.2) is 41.2 Å². The molecule has 1 heterocycles. The molecule has 0 radical (unpaired) electrons. The van der Waals surface area contributed by atoms with Gasteiger partial charge in [0.1, 0.15) is 0 Å². The van der Waals surface area contributed by atoms with Crippen LogP contribution in [-0.2, 0) is 9.53 Å². The summed E-state index contributed by atoms with van der Waals surface area (Å²) in [7, 11) is 0.